The molecular weight excluding hydrogens is 285 g/mol. The molecule has 3 rings (SSSR count). The highest BCUT2D eigenvalue weighted by Crippen LogP contribution is 2.37. The van der Waals surface area contributed by atoms with Crippen molar-refractivity contribution in [2.24, 2.45) is 0 Å². The van der Waals surface area contributed by atoms with Gasteiger partial charge in [-0.3, -0.25) is 0 Å². The summed E-state index contributed by atoms with van der Waals surface area (Å²) < 4.78 is 41.6. The van der Waals surface area contributed by atoms with Crippen LogP contribution in [-0.2, 0) is 0 Å². The lowest BCUT2D eigenvalue weighted by Crippen LogP contribution is -2.25. The first-order valence-electron chi connectivity index (χ1n) is 7.69. The second-order valence-corrected chi connectivity index (χ2v) is 6.14. The molecule has 0 radical (unpaired) electrons. The van der Waals surface area contributed by atoms with Gasteiger partial charge in [-0.2, -0.15) is 0 Å². The van der Waals surface area contributed by atoms with E-state index in [1.54, 1.807) is 12.1 Å². The van der Waals surface area contributed by atoms with E-state index in [2.05, 4.69) is 0 Å². The molecule has 22 heavy (non-hydrogen) atoms. The summed E-state index contributed by atoms with van der Waals surface area (Å²) in [5, 5.41) is 0. The molecule has 1 aliphatic rings. The highest BCUT2D eigenvalue weighted by atomic mass is 19.1. The Morgan fingerprint density at radius 3 is 2.32 bits per heavy atom. The van der Waals surface area contributed by atoms with Gasteiger partial charge in [0.15, 0.2) is 0 Å². The van der Waals surface area contributed by atoms with Crippen molar-refractivity contribution < 1.29 is 13.2 Å². The van der Waals surface area contributed by atoms with Crippen LogP contribution in [0.1, 0.15) is 36.3 Å². The summed E-state index contributed by atoms with van der Waals surface area (Å²) in [6.07, 6.45) is -1.58. The van der Waals surface area contributed by atoms with Crippen LogP contribution in [0.3, 0.4) is 0 Å². The molecule has 3 atom stereocenters. The van der Waals surface area contributed by atoms with E-state index in [0.29, 0.717) is 24.0 Å². The van der Waals surface area contributed by atoms with E-state index >= 15 is 0 Å². The maximum absolute atomic E-state index is 14.4. The van der Waals surface area contributed by atoms with Gasteiger partial charge in [0.2, 0.25) is 0 Å². The highest BCUT2D eigenvalue weighted by molar-refractivity contribution is 5.64. The first-order chi connectivity index (χ1) is 10.5. The van der Waals surface area contributed by atoms with E-state index < -0.39 is 18.3 Å². The van der Waals surface area contributed by atoms with Crippen molar-refractivity contribution >= 4 is 0 Å². The van der Waals surface area contributed by atoms with E-state index in [1.807, 2.05) is 31.2 Å². The van der Waals surface area contributed by atoms with Gasteiger partial charge in [0.1, 0.15) is 18.2 Å². The molecule has 0 amide bonds. The molecule has 1 saturated carbocycles. The second kappa shape index (κ2) is 6.15. The Labute approximate surface area is 129 Å². The van der Waals surface area contributed by atoms with Crippen molar-refractivity contribution in [1.29, 1.82) is 0 Å². The van der Waals surface area contributed by atoms with Crippen molar-refractivity contribution in [2.45, 2.75) is 44.4 Å². The lowest BCUT2D eigenvalue weighted by molar-refractivity contribution is 0.136. The van der Waals surface area contributed by atoms with Crippen LogP contribution in [0.4, 0.5) is 13.2 Å². The number of alkyl halides is 2. The zero-order chi connectivity index (χ0) is 15.7. The summed E-state index contributed by atoms with van der Waals surface area (Å²) in [6, 6.07) is 12.5. The Morgan fingerprint density at radius 1 is 0.955 bits per heavy atom. The number of hydrogen-bond acceptors (Lipinski definition) is 0. The minimum absolute atomic E-state index is 0.0774. The Hall–Kier alpha value is -1.77. The van der Waals surface area contributed by atoms with Gasteiger partial charge in [-0.1, -0.05) is 42.0 Å². The van der Waals surface area contributed by atoms with Crippen molar-refractivity contribution in [1.82, 2.24) is 0 Å². The highest BCUT2D eigenvalue weighted by Gasteiger charge is 2.31. The third-order valence-corrected chi connectivity index (χ3v) is 4.49. The van der Waals surface area contributed by atoms with Crippen LogP contribution in [0, 0.1) is 12.7 Å². The SMILES string of the molecule is Cc1ccc(-c2ccc(C3CCC(F)CC3F)cc2F)cc1. The monoisotopic (exact) mass is 304 g/mol. The van der Waals surface area contributed by atoms with E-state index in [4.69, 9.17) is 0 Å². The predicted octanol–water partition coefficient (Wildman–Crippen LogP) is 5.74. The average Bonchev–Trinajstić information content (AvgIpc) is 2.48. The van der Waals surface area contributed by atoms with Crippen LogP contribution >= 0.6 is 0 Å². The maximum atomic E-state index is 14.4. The lowest BCUT2D eigenvalue weighted by atomic mass is 9.81. The van der Waals surface area contributed by atoms with E-state index in [-0.39, 0.29) is 12.2 Å². The minimum atomic E-state index is -1.23. The first kappa shape index (κ1) is 15.1. The molecule has 1 aliphatic carbocycles. The third-order valence-electron chi connectivity index (χ3n) is 4.49. The molecule has 2 aromatic rings. The van der Waals surface area contributed by atoms with Crippen molar-refractivity contribution in [3.05, 3.63) is 59.4 Å². The maximum Gasteiger partial charge on any atom is 0.131 e. The molecule has 0 aliphatic heterocycles. The van der Waals surface area contributed by atoms with Crippen LogP contribution in [0.2, 0.25) is 0 Å². The smallest absolute Gasteiger partial charge is 0.131 e. The van der Waals surface area contributed by atoms with Crippen molar-refractivity contribution in [2.75, 3.05) is 0 Å². The van der Waals surface area contributed by atoms with Gasteiger partial charge >= 0.3 is 0 Å². The molecule has 1 fully saturated rings. The summed E-state index contributed by atoms with van der Waals surface area (Å²) in [6.45, 7) is 1.98. The van der Waals surface area contributed by atoms with Gasteiger partial charge in [0, 0.05) is 17.9 Å². The number of rotatable bonds is 2. The summed E-state index contributed by atoms with van der Waals surface area (Å²) in [5.41, 5.74) is 3.06. The van der Waals surface area contributed by atoms with Gasteiger partial charge < -0.3 is 0 Å². The average molecular weight is 304 g/mol. The molecule has 0 spiro atoms. The molecule has 2 aromatic carbocycles. The summed E-state index contributed by atoms with van der Waals surface area (Å²) in [5.74, 6) is -0.746. The van der Waals surface area contributed by atoms with E-state index in [1.165, 1.54) is 6.07 Å². The van der Waals surface area contributed by atoms with Crippen LogP contribution < -0.4 is 0 Å². The molecule has 3 heteroatoms. The zero-order valence-electron chi connectivity index (χ0n) is 12.5. The third kappa shape index (κ3) is 3.03. The van der Waals surface area contributed by atoms with Gasteiger partial charge in [-0.25, -0.2) is 13.2 Å². The number of halogens is 3. The Balaban J connectivity index is 1.87. The molecule has 116 valence electrons. The number of benzene rings is 2. The van der Waals surface area contributed by atoms with Crippen LogP contribution in [0.5, 0.6) is 0 Å². The molecule has 0 N–H and O–H groups in total. The fraction of sp³-hybridized carbons (Fsp3) is 0.368. The quantitative estimate of drug-likeness (QED) is 0.663. The molecule has 0 nitrogen and oxygen atoms in total. The summed E-state index contributed by atoms with van der Waals surface area (Å²) in [7, 11) is 0. The second-order valence-electron chi connectivity index (χ2n) is 6.14. The Morgan fingerprint density at radius 2 is 1.68 bits per heavy atom. The largest absolute Gasteiger partial charge is 0.247 e. The zero-order valence-corrected chi connectivity index (χ0v) is 12.5. The first-order valence-corrected chi connectivity index (χ1v) is 7.69. The van der Waals surface area contributed by atoms with Crippen molar-refractivity contribution in [3.8, 4) is 11.1 Å². The molecular formula is C19H19F3. The Kier molecular flexibility index (Phi) is 4.23. The fourth-order valence-electron chi connectivity index (χ4n) is 3.17. The van der Waals surface area contributed by atoms with Gasteiger partial charge in [0.25, 0.3) is 0 Å². The van der Waals surface area contributed by atoms with Crippen LogP contribution in [-0.4, -0.2) is 12.3 Å². The van der Waals surface area contributed by atoms with Crippen LogP contribution in [0.25, 0.3) is 11.1 Å². The molecule has 0 aromatic heterocycles. The van der Waals surface area contributed by atoms with E-state index in [0.717, 1.165) is 11.1 Å². The lowest BCUT2D eigenvalue weighted by Gasteiger charge is -2.28. The fourth-order valence-corrected chi connectivity index (χ4v) is 3.17. The van der Waals surface area contributed by atoms with Gasteiger partial charge in [0.05, 0.1) is 0 Å². The number of aryl methyl sites for hydroxylation is 1. The van der Waals surface area contributed by atoms with Crippen molar-refractivity contribution in [3.63, 3.8) is 0 Å². The molecule has 0 bridgehead atoms. The van der Waals surface area contributed by atoms with Crippen LogP contribution in [0.15, 0.2) is 42.5 Å². The molecule has 3 unspecified atom stereocenters. The van der Waals surface area contributed by atoms with E-state index in [9.17, 15) is 13.2 Å². The van der Waals surface area contributed by atoms with Gasteiger partial charge in [-0.05, 0) is 37.0 Å². The predicted molar refractivity (Wildman–Crippen MR) is 83.0 cm³/mol. The topological polar surface area (TPSA) is 0 Å². The molecule has 0 heterocycles. The minimum Gasteiger partial charge on any atom is -0.247 e. The summed E-state index contributed by atoms with van der Waals surface area (Å²) in [4.78, 5) is 0. The Bertz CT molecular complexity index is 648. The summed E-state index contributed by atoms with van der Waals surface area (Å²) >= 11 is 0. The normalized spacial score (nSPS) is 25.2. The standard InChI is InChI=1S/C19H19F3/c1-12-2-4-13(5-3-12)16-8-6-14(10-18(16)21)17-9-7-15(20)11-19(17)22/h2-6,8,10,15,17,19H,7,9,11H2,1H3. The molecule has 0 saturated heterocycles. The van der Waals surface area contributed by atoms with Gasteiger partial charge in [-0.15, -0.1) is 0 Å². The number of hydrogen-bond donors (Lipinski definition) is 0.